The summed E-state index contributed by atoms with van der Waals surface area (Å²) in [6, 6.07) is 1.55. The summed E-state index contributed by atoms with van der Waals surface area (Å²) in [6.45, 7) is 0.0557. The molecule has 4 nitrogen and oxygen atoms in total. The summed E-state index contributed by atoms with van der Waals surface area (Å²) >= 11 is 11.5. The lowest BCUT2D eigenvalue weighted by Crippen LogP contribution is -2.28. The lowest BCUT2D eigenvalue weighted by atomic mass is 10.6. The zero-order chi connectivity index (χ0) is 9.73. The quantitative estimate of drug-likeness (QED) is 0.727. The third-order valence-corrected chi connectivity index (χ3v) is 1.49. The number of alkyl halides is 2. The van der Waals surface area contributed by atoms with Crippen molar-refractivity contribution in [2.24, 2.45) is 0 Å². The van der Waals surface area contributed by atoms with E-state index in [2.05, 4.69) is 9.97 Å². The number of methoxy groups -OCH3 is 1. The lowest BCUT2D eigenvalue weighted by molar-refractivity contribution is 0.0989. The molecule has 0 aliphatic carbocycles. The Morgan fingerprint density at radius 2 is 2.31 bits per heavy atom. The first-order valence-electron chi connectivity index (χ1n) is 3.46. The first-order valence-corrected chi connectivity index (χ1v) is 4.21. The van der Waals surface area contributed by atoms with Crippen LogP contribution in [0, 0.1) is 0 Å². The maximum absolute atomic E-state index is 5.73. The van der Waals surface area contributed by atoms with Gasteiger partial charge >= 0.3 is 0 Å². The lowest BCUT2D eigenvalue weighted by Gasteiger charge is -2.18. The highest BCUT2D eigenvalue weighted by molar-refractivity contribution is 6.47. The number of hydrogen-bond acceptors (Lipinski definition) is 4. The molecule has 1 aromatic rings. The Morgan fingerprint density at radius 1 is 1.54 bits per heavy atom. The van der Waals surface area contributed by atoms with Crippen LogP contribution in [-0.2, 0) is 4.74 Å². The Labute approximate surface area is 85.8 Å². The number of aromatic nitrogens is 2. The molecule has 0 atom stereocenters. The van der Waals surface area contributed by atoms with E-state index in [9.17, 15) is 0 Å². The second-order valence-corrected chi connectivity index (χ2v) is 3.63. The maximum Gasteiger partial charge on any atom is 0.283 e. The molecule has 0 aliphatic heterocycles. The molecule has 72 valence electrons. The molecule has 0 spiro atoms. The predicted octanol–water partition coefficient (Wildman–Crippen LogP) is 1.63. The Kier molecular flexibility index (Phi) is 3.71. The second kappa shape index (κ2) is 4.60. The monoisotopic (exact) mass is 222 g/mol. The van der Waals surface area contributed by atoms with Crippen LogP contribution < -0.4 is 4.74 Å². The molecule has 0 saturated heterocycles. The van der Waals surface area contributed by atoms with Crippen LogP contribution in [0.4, 0.5) is 0 Å². The molecule has 1 rings (SSSR count). The molecule has 0 aromatic carbocycles. The Morgan fingerprint density at radius 3 is 2.85 bits per heavy atom. The Balaban J connectivity index is 2.58. The van der Waals surface area contributed by atoms with Crippen molar-refractivity contribution in [3.8, 4) is 5.88 Å². The normalized spacial score (nSPS) is 11.3. The van der Waals surface area contributed by atoms with Crippen LogP contribution in [0.3, 0.4) is 0 Å². The minimum atomic E-state index is -1.41. The molecule has 0 fully saturated rings. The fraction of sp³-hybridized carbons (Fsp3) is 0.429. The molecule has 0 amide bonds. The van der Waals surface area contributed by atoms with Crippen LogP contribution in [0.15, 0.2) is 18.6 Å². The summed E-state index contributed by atoms with van der Waals surface area (Å²) in [5.41, 5.74) is 0. The van der Waals surface area contributed by atoms with Gasteiger partial charge in [0, 0.05) is 19.4 Å². The predicted molar refractivity (Wildman–Crippen MR) is 49.0 cm³/mol. The molecule has 0 bridgehead atoms. The van der Waals surface area contributed by atoms with Crippen molar-refractivity contribution in [3.05, 3.63) is 18.6 Å². The van der Waals surface area contributed by atoms with E-state index in [1.165, 1.54) is 19.6 Å². The molecule has 0 aliphatic rings. The van der Waals surface area contributed by atoms with E-state index in [-0.39, 0.29) is 6.61 Å². The van der Waals surface area contributed by atoms with Crippen LogP contribution in [0.1, 0.15) is 0 Å². The first kappa shape index (κ1) is 10.5. The average Bonchev–Trinajstić information content (AvgIpc) is 2.04. The minimum absolute atomic E-state index is 0.0557. The smallest absolute Gasteiger partial charge is 0.283 e. The molecule has 13 heavy (non-hydrogen) atoms. The van der Waals surface area contributed by atoms with E-state index in [1.54, 1.807) is 6.07 Å². The van der Waals surface area contributed by atoms with Gasteiger partial charge in [-0.1, -0.05) is 23.2 Å². The van der Waals surface area contributed by atoms with E-state index in [0.717, 1.165) is 0 Å². The highest BCUT2D eigenvalue weighted by Crippen LogP contribution is 2.24. The van der Waals surface area contributed by atoms with E-state index >= 15 is 0 Å². The molecular formula is C7H8Cl2N2O2. The van der Waals surface area contributed by atoms with E-state index in [1.807, 2.05) is 0 Å². The number of rotatable bonds is 4. The van der Waals surface area contributed by atoms with Gasteiger partial charge in [0.1, 0.15) is 12.9 Å². The molecule has 0 N–H and O–H groups in total. The second-order valence-electron chi connectivity index (χ2n) is 2.22. The van der Waals surface area contributed by atoms with Crippen LogP contribution in [0.2, 0.25) is 0 Å². The molecular weight excluding hydrogens is 215 g/mol. The summed E-state index contributed by atoms with van der Waals surface area (Å²) < 4.78 is 8.43. The summed E-state index contributed by atoms with van der Waals surface area (Å²) in [7, 11) is 1.48. The van der Waals surface area contributed by atoms with Gasteiger partial charge in [-0.3, -0.25) is 0 Å². The third kappa shape index (κ3) is 3.76. The van der Waals surface area contributed by atoms with Crippen molar-refractivity contribution in [1.29, 1.82) is 0 Å². The number of halogens is 2. The molecule has 1 heterocycles. The van der Waals surface area contributed by atoms with Crippen molar-refractivity contribution in [1.82, 2.24) is 9.97 Å². The fourth-order valence-corrected chi connectivity index (χ4v) is 1.07. The zero-order valence-corrected chi connectivity index (χ0v) is 8.42. The highest BCUT2D eigenvalue weighted by atomic mass is 35.5. The first-order chi connectivity index (χ1) is 6.14. The van der Waals surface area contributed by atoms with Crippen molar-refractivity contribution in [2.45, 2.75) is 4.52 Å². The summed E-state index contributed by atoms with van der Waals surface area (Å²) in [6.07, 6.45) is 2.87. The number of ether oxygens (including phenoxy) is 2. The van der Waals surface area contributed by atoms with Gasteiger partial charge < -0.3 is 9.47 Å². The average molecular weight is 223 g/mol. The zero-order valence-electron chi connectivity index (χ0n) is 6.91. The molecule has 0 saturated carbocycles. The van der Waals surface area contributed by atoms with Gasteiger partial charge in [-0.25, -0.2) is 9.97 Å². The van der Waals surface area contributed by atoms with Crippen LogP contribution in [0.25, 0.3) is 0 Å². The minimum Gasteiger partial charge on any atom is -0.438 e. The molecule has 0 radical (unpaired) electrons. The van der Waals surface area contributed by atoms with Gasteiger partial charge in [0.15, 0.2) is 0 Å². The van der Waals surface area contributed by atoms with Gasteiger partial charge in [-0.15, -0.1) is 0 Å². The highest BCUT2D eigenvalue weighted by Gasteiger charge is 2.26. The van der Waals surface area contributed by atoms with Crippen molar-refractivity contribution in [3.63, 3.8) is 0 Å². The van der Waals surface area contributed by atoms with Crippen LogP contribution >= 0.6 is 23.2 Å². The number of nitrogens with zero attached hydrogens (tertiary/aromatic N) is 2. The summed E-state index contributed by atoms with van der Waals surface area (Å²) in [4.78, 5) is 7.50. The SMILES string of the molecule is COCC(Cl)(Cl)Oc1ccncn1. The van der Waals surface area contributed by atoms with Crippen molar-refractivity contribution in [2.75, 3.05) is 13.7 Å². The van der Waals surface area contributed by atoms with Crippen molar-refractivity contribution >= 4 is 23.2 Å². The Bertz CT molecular complexity index is 256. The number of hydrogen-bond donors (Lipinski definition) is 0. The van der Waals surface area contributed by atoms with Gasteiger partial charge in [0.2, 0.25) is 5.88 Å². The van der Waals surface area contributed by atoms with E-state index in [0.29, 0.717) is 5.88 Å². The van der Waals surface area contributed by atoms with Crippen molar-refractivity contribution < 1.29 is 9.47 Å². The largest absolute Gasteiger partial charge is 0.438 e. The topological polar surface area (TPSA) is 44.2 Å². The molecule has 0 unspecified atom stereocenters. The van der Waals surface area contributed by atoms with Gasteiger partial charge in [0.05, 0.1) is 0 Å². The van der Waals surface area contributed by atoms with E-state index in [4.69, 9.17) is 32.7 Å². The molecule has 1 aromatic heterocycles. The van der Waals surface area contributed by atoms with Gasteiger partial charge in [-0.2, -0.15) is 0 Å². The standard InChI is InChI=1S/C7H8Cl2N2O2/c1-12-4-7(8,9)13-6-2-3-10-5-11-6/h2-3,5H,4H2,1H3. The summed E-state index contributed by atoms with van der Waals surface area (Å²) in [5.74, 6) is 0.303. The van der Waals surface area contributed by atoms with Crippen LogP contribution in [-0.4, -0.2) is 28.2 Å². The summed E-state index contributed by atoms with van der Waals surface area (Å²) in [5, 5.41) is 0. The maximum atomic E-state index is 5.73. The van der Waals surface area contributed by atoms with Gasteiger partial charge in [0.25, 0.3) is 4.52 Å². The van der Waals surface area contributed by atoms with E-state index < -0.39 is 4.52 Å². The van der Waals surface area contributed by atoms with Gasteiger partial charge in [-0.05, 0) is 0 Å². The molecule has 6 heteroatoms. The fourth-order valence-electron chi connectivity index (χ4n) is 0.689. The van der Waals surface area contributed by atoms with Crippen LogP contribution in [0.5, 0.6) is 5.88 Å². The Hall–Kier alpha value is -0.580. The third-order valence-electron chi connectivity index (χ3n) is 1.12.